The van der Waals surface area contributed by atoms with Gasteiger partial charge in [-0.1, -0.05) is 12.8 Å². The molecule has 1 saturated carbocycles. The molecule has 1 aromatic rings. The summed E-state index contributed by atoms with van der Waals surface area (Å²) in [6.45, 7) is 2.07. The summed E-state index contributed by atoms with van der Waals surface area (Å²) in [5.41, 5.74) is 6.54. The first-order chi connectivity index (χ1) is 8.16. The fraction of sp³-hybridized carbons (Fsp3) is 0.538. The number of nitrogens with zero attached hydrogens (tertiary/aromatic N) is 1. The Morgan fingerprint density at radius 3 is 2.76 bits per heavy atom. The second-order valence-electron chi connectivity index (χ2n) is 4.78. The summed E-state index contributed by atoms with van der Waals surface area (Å²) in [5, 5.41) is 3.02. The highest BCUT2D eigenvalue weighted by atomic mass is 16.1. The number of nitrogens with one attached hydrogen (secondary N) is 1. The van der Waals surface area contributed by atoms with Gasteiger partial charge in [0.2, 0.25) is 0 Å². The van der Waals surface area contributed by atoms with Gasteiger partial charge in [-0.25, -0.2) is 4.98 Å². The number of nitrogen functional groups attached to an aromatic ring is 1. The number of carbonyl (C=O) groups is 1. The Kier molecular flexibility index (Phi) is 3.61. The minimum Gasteiger partial charge on any atom is -0.397 e. The second-order valence-corrected chi connectivity index (χ2v) is 4.78. The monoisotopic (exact) mass is 233 g/mol. The van der Waals surface area contributed by atoms with Gasteiger partial charge in [0.25, 0.3) is 5.91 Å². The Morgan fingerprint density at radius 2 is 2.18 bits per heavy atom. The van der Waals surface area contributed by atoms with Gasteiger partial charge in [-0.3, -0.25) is 4.79 Å². The lowest BCUT2D eigenvalue weighted by molar-refractivity contribution is 0.0922. The number of anilines is 1. The van der Waals surface area contributed by atoms with Crippen LogP contribution >= 0.6 is 0 Å². The lowest BCUT2D eigenvalue weighted by atomic mass is 10.00. The molecule has 1 aliphatic carbocycles. The van der Waals surface area contributed by atoms with E-state index in [2.05, 4.69) is 17.2 Å². The van der Waals surface area contributed by atoms with Crippen molar-refractivity contribution in [2.45, 2.75) is 38.6 Å². The van der Waals surface area contributed by atoms with Gasteiger partial charge in [-0.2, -0.15) is 0 Å². The number of amides is 1. The van der Waals surface area contributed by atoms with Crippen molar-refractivity contribution in [1.29, 1.82) is 0 Å². The largest absolute Gasteiger partial charge is 0.397 e. The number of aromatic nitrogens is 1. The van der Waals surface area contributed by atoms with Gasteiger partial charge >= 0.3 is 0 Å². The highest BCUT2D eigenvalue weighted by Gasteiger charge is 2.23. The number of rotatable bonds is 3. The summed E-state index contributed by atoms with van der Waals surface area (Å²) in [7, 11) is 0. The van der Waals surface area contributed by atoms with Crippen LogP contribution in [0.2, 0.25) is 0 Å². The maximum Gasteiger partial charge on any atom is 0.270 e. The lowest BCUT2D eigenvalue weighted by Crippen LogP contribution is -2.37. The fourth-order valence-electron chi connectivity index (χ4n) is 2.40. The summed E-state index contributed by atoms with van der Waals surface area (Å²) in [4.78, 5) is 15.9. The van der Waals surface area contributed by atoms with Crippen molar-refractivity contribution in [1.82, 2.24) is 10.3 Å². The molecular weight excluding hydrogens is 214 g/mol. The molecule has 0 bridgehead atoms. The highest BCUT2D eigenvalue weighted by Crippen LogP contribution is 2.27. The number of hydrogen-bond acceptors (Lipinski definition) is 3. The molecule has 0 spiro atoms. The third-order valence-corrected chi connectivity index (χ3v) is 3.48. The van der Waals surface area contributed by atoms with Gasteiger partial charge in [-0.05, 0) is 37.8 Å². The molecule has 0 aromatic carbocycles. The normalized spacial score (nSPS) is 17.9. The van der Waals surface area contributed by atoms with Crippen molar-refractivity contribution < 1.29 is 4.79 Å². The van der Waals surface area contributed by atoms with Crippen LogP contribution in [0.3, 0.4) is 0 Å². The molecular formula is C13H19N3O. The zero-order valence-electron chi connectivity index (χ0n) is 10.1. The van der Waals surface area contributed by atoms with Crippen LogP contribution in [0, 0.1) is 5.92 Å². The van der Waals surface area contributed by atoms with E-state index >= 15 is 0 Å². The molecule has 92 valence electrons. The average Bonchev–Trinajstić information content (AvgIpc) is 2.83. The number of nitrogens with two attached hydrogens (primary N) is 1. The van der Waals surface area contributed by atoms with Gasteiger partial charge in [0.05, 0.1) is 11.9 Å². The fourth-order valence-corrected chi connectivity index (χ4v) is 2.40. The van der Waals surface area contributed by atoms with Crippen LogP contribution in [0.25, 0.3) is 0 Å². The molecule has 17 heavy (non-hydrogen) atoms. The van der Waals surface area contributed by atoms with Crippen LogP contribution in [0.5, 0.6) is 0 Å². The maximum absolute atomic E-state index is 11.9. The summed E-state index contributed by atoms with van der Waals surface area (Å²) >= 11 is 0. The van der Waals surface area contributed by atoms with Crippen molar-refractivity contribution in [3.05, 3.63) is 24.0 Å². The van der Waals surface area contributed by atoms with Gasteiger partial charge < -0.3 is 11.1 Å². The lowest BCUT2D eigenvalue weighted by Gasteiger charge is -2.20. The standard InChI is InChI=1S/C13H19N3O/c1-9(10-4-2-3-5-10)16-13(17)12-7-6-11(14)8-15-12/h6-10H,2-5,14H2,1H3,(H,16,17)/t9-/m1/s1. The van der Waals surface area contributed by atoms with Gasteiger partial charge in [0, 0.05) is 6.04 Å². The van der Waals surface area contributed by atoms with Crippen molar-refractivity contribution in [3.8, 4) is 0 Å². The van der Waals surface area contributed by atoms with E-state index in [-0.39, 0.29) is 11.9 Å². The van der Waals surface area contributed by atoms with Crippen LogP contribution in [-0.4, -0.2) is 16.9 Å². The molecule has 0 unspecified atom stereocenters. The molecule has 4 heteroatoms. The Morgan fingerprint density at radius 1 is 1.47 bits per heavy atom. The van der Waals surface area contributed by atoms with Crippen molar-refractivity contribution in [2.24, 2.45) is 5.92 Å². The van der Waals surface area contributed by atoms with Crippen LogP contribution in [0.4, 0.5) is 5.69 Å². The molecule has 4 nitrogen and oxygen atoms in total. The van der Waals surface area contributed by atoms with E-state index in [1.165, 1.54) is 31.9 Å². The van der Waals surface area contributed by atoms with E-state index in [0.29, 0.717) is 17.3 Å². The molecule has 0 aliphatic heterocycles. The minimum absolute atomic E-state index is 0.107. The number of carbonyl (C=O) groups excluding carboxylic acids is 1. The van der Waals surface area contributed by atoms with E-state index in [1.54, 1.807) is 12.1 Å². The van der Waals surface area contributed by atoms with Crippen molar-refractivity contribution in [2.75, 3.05) is 5.73 Å². The third-order valence-electron chi connectivity index (χ3n) is 3.48. The maximum atomic E-state index is 11.9. The van der Waals surface area contributed by atoms with Crippen molar-refractivity contribution >= 4 is 11.6 Å². The van der Waals surface area contributed by atoms with E-state index in [0.717, 1.165) is 0 Å². The first-order valence-electron chi connectivity index (χ1n) is 6.19. The van der Waals surface area contributed by atoms with E-state index in [4.69, 9.17) is 5.73 Å². The summed E-state index contributed by atoms with van der Waals surface area (Å²) < 4.78 is 0. The molecule has 1 amide bonds. The highest BCUT2D eigenvalue weighted by molar-refractivity contribution is 5.92. The van der Waals surface area contributed by atoms with Gasteiger partial charge in [0.1, 0.15) is 5.69 Å². The average molecular weight is 233 g/mol. The second kappa shape index (κ2) is 5.17. The summed E-state index contributed by atoms with van der Waals surface area (Å²) in [6, 6.07) is 3.58. The zero-order valence-corrected chi connectivity index (χ0v) is 10.1. The van der Waals surface area contributed by atoms with Gasteiger partial charge in [0.15, 0.2) is 0 Å². The first kappa shape index (κ1) is 11.9. The molecule has 1 aromatic heterocycles. The smallest absolute Gasteiger partial charge is 0.270 e. The van der Waals surface area contributed by atoms with Crippen LogP contribution in [0.15, 0.2) is 18.3 Å². The van der Waals surface area contributed by atoms with E-state index < -0.39 is 0 Å². The molecule has 3 N–H and O–H groups in total. The summed E-state index contributed by atoms with van der Waals surface area (Å²) in [5.74, 6) is 0.511. The number of pyridine rings is 1. The topological polar surface area (TPSA) is 68.0 Å². The minimum atomic E-state index is -0.107. The predicted octanol–water partition coefficient (Wildman–Crippen LogP) is 1.97. The van der Waals surface area contributed by atoms with Crippen LogP contribution < -0.4 is 11.1 Å². The Labute approximate surface area is 102 Å². The third kappa shape index (κ3) is 2.96. The number of hydrogen-bond donors (Lipinski definition) is 2. The van der Waals surface area contributed by atoms with E-state index in [1.807, 2.05) is 0 Å². The van der Waals surface area contributed by atoms with Crippen LogP contribution in [0.1, 0.15) is 43.1 Å². The molecule has 1 atom stereocenters. The molecule has 2 rings (SSSR count). The van der Waals surface area contributed by atoms with E-state index in [9.17, 15) is 4.79 Å². The van der Waals surface area contributed by atoms with Gasteiger partial charge in [-0.15, -0.1) is 0 Å². The first-order valence-corrected chi connectivity index (χ1v) is 6.19. The molecule has 1 fully saturated rings. The predicted molar refractivity (Wildman–Crippen MR) is 67.5 cm³/mol. The molecule has 1 heterocycles. The van der Waals surface area contributed by atoms with Crippen LogP contribution in [-0.2, 0) is 0 Å². The molecule has 0 radical (unpaired) electrons. The zero-order chi connectivity index (χ0) is 12.3. The summed E-state index contributed by atoms with van der Waals surface area (Å²) in [6.07, 6.45) is 6.51. The molecule has 0 saturated heterocycles. The quantitative estimate of drug-likeness (QED) is 0.838. The molecule has 1 aliphatic rings. The SMILES string of the molecule is C[C@@H](NC(=O)c1ccc(N)cn1)C1CCCC1. The Bertz CT molecular complexity index is 382. The van der Waals surface area contributed by atoms with Crippen molar-refractivity contribution in [3.63, 3.8) is 0 Å². The Hall–Kier alpha value is -1.58. The Balaban J connectivity index is 1.94.